The van der Waals surface area contributed by atoms with Crippen molar-refractivity contribution >= 4 is 10.0 Å². The predicted molar refractivity (Wildman–Crippen MR) is 99.3 cm³/mol. The maximum absolute atomic E-state index is 13.4. The molecule has 25 heavy (non-hydrogen) atoms. The van der Waals surface area contributed by atoms with Crippen LogP contribution in [0.4, 0.5) is 0 Å². The average Bonchev–Trinajstić information content (AvgIpc) is 3.00. The summed E-state index contributed by atoms with van der Waals surface area (Å²) in [5.74, 6) is 0.212. The Bertz CT molecular complexity index is 873. The van der Waals surface area contributed by atoms with Gasteiger partial charge >= 0.3 is 0 Å². The van der Waals surface area contributed by atoms with Gasteiger partial charge in [-0.25, -0.2) is 8.42 Å². The first kappa shape index (κ1) is 18.1. The largest absolute Gasteiger partial charge is 0.276 e. The number of benzene rings is 1. The lowest BCUT2D eigenvalue weighted by Crippen LogP contribution is -2.39. The third kappa shape index (κ3) is 3.25. The highest BCUT2D eigenvalue weighted by Crippen LogP contribution is 2.33. The smallest absolute Gasteiger partial charge is 0.243 e. The summed E-state index contributed by atoms with van der Waals surface area (Å²) in [6.45, 7) is 8.91. The molecule has 1 fully saturated rings. The van der Waals surface area contributed by atoms with Crippen molar-refractivity contribution in [3.8, 4) is 0 Å². The van der Waals surface area contributed by atoms with Gasteiger partial charge in [0, 0.05) is 32.3 Å². The fourth-order valence-corrected chi connectivity index (χ4v) is 5.88. The summed E-state index contributed by atoms with van der Waals surface area (Å²) in [4.78, 5) is 0.497. The van der Waals surface area contributed by atoms with E-state index >= 15 is 0 Å². The van der Waals surface area contributed by atoms with Crippen molar-refractivity contribution in [3.05, 3.63) is 46.3 Å². The molecule has 5 nitrogen and oxygen atoms in total. The van der Waals surface area contributed by atoms with Crippen LogP contribution in [0.15, 0.2) is 23.4 Å². The molecule has 6 heteroatoms. The van der Waals surface area contributed by atoms with E-state index in [4.69, 9.17) is 0 Å². The van der Waals surface area contributed by atoms with Crippen molar-refractivity contribution in [3.63, 3.8) is 0 Å². The number of hydrogen-bond acceptors (Lipinski definition) is 3. The highest BCUT2D eigenvalue weighted by atomic mass is 32.2. The number of rotatable bonds is 3. The first-order valence-corrected chi connectivity index (χ1v) is 10.2. The molecule has 1 aromatic heterocycles. The quantitative estimate of drug-likeness (QED) is 0.843. The first-order chi connectivity index (χ1) is 11.7. The highest BCUT2D eigenvalue weighted by molar-refractivity contribution is 7.89. The zero-order valence-electron chi connectivity index (χ0n) is 15.7. The van der Waals surface area contributed by atoms with E-state index in [0.29, 0.717) is 18.0 Å². The van der Waals surface area contributed by atoms with Crippen LogP contribution in [0.25, 0.3) is 0 Å². The van der Waals surface area contributed by atoms with Crippen LogP contribution in [0.3, 0.4) is 0 Å². The van der Waals surface area contributed by atoms with E-state index < -0.39 is 10.0 Å². The van der Waals surface area contributed by atoms with Crippen LogP contribution >= 0.6 is 0 Å². The normalized spacial score (nSPS) is 19.3. The maximum atomic E-state index is 13.4. The zero-order valence-corrected chi connectivity index (χ0v) is 16.5. The van der Waals surface area contributed by atoms with Gasteiger partial charge in [-0.1, -0.05) is 6.07 Å². The van der Waals surface area contributed by atoms with E-state index in [0.717, 1.165) is 40.7 Å². The molecule has 0 radical (unpaired) electrons. The number of nitrogens with zero attached hydrogens (tertiary/aromatic N) is 3. The van der Waals surface area contributed by atoms with Gasteiger partial charge in [-0.15, -0.1) is 0 Å². The van der Waals surface area contributed by atoms with Gasteiger partial charge < -0.3 is 0 Å². The minimum Gasteiger partial charge on any atom is -0.276 e. The fraction of sp³-hybridized carbons (Fsp3) is 0.526. The Hall–Kier alpha value is -1.66. The number of piperidine rings is 1. The number of aryl methyl sites for hydroxylation is 3. The Kier molecular flexibility index (Phi) is 4.77. The summed E-state index contributed by atoms with van der Waals surface area (Å²) >= 11 is 0. The Labute approximate surface area is 150 Å². The van der Waals surface area contributed by atoms with E-state index in [1.165, 1.54) is 0 Å². The second-order valence-corrected chi connectivity index (χ2v) is 9.11. The monoisotopic (exact) mass is 361 g/mol. The van der Waals surface area contributed by atoms with Gasteiger partial charge in [-0.3, -0.25) is 4.68 Å². The van der Waals surface area contributed by atoms with Gasteiger partial charge in [0.2, 0.25) is 10.0 Å². The van der Waals surface area contributed by atoms with Gasteiger partial charge in [0.25, 0.3) is 0 Å². The SMILES string of the molecule is Cc1cc(C)c(C)c(S(=O)(=O)N2CCCC(c3cnn(C)c3)C2)c1C. The second-order valence-electron chi connectivity index (χ2n) is 7.24. The molecule has 136 valence electrons. The van der Waals surface area contributed by atoms with Crippen LogP contribution in [0, 0.1) is 27.7 Å². The van der Waals surface area contributed by atoms with Crippen molar-refractivity contribution in [1.29, 1.82) is 0 Å². The standard InChI is InChI=1S/C19H27N3O2S/c1-13-9-14(2)16(4)19(15(13)3)25(23,24)22-8-6-7-17(12-22)18-10-20-21(5)11-18/h9-11,17H,6-8,12H2,1-5H3. The van der Waals surface area contributed by atoms with Crippen molar-refractivity contribution in [2.24, 2.45) is 7.05 Å². The van der Waals surface area contributed by atoms with Gasteiger partial charge in [0.1, 0.15) is 0 Å². The van der Waals surface area contributed by atoms with Gasteiger partial charge in [-0.2, -0.15) is 9.40 Å². The summed E-state index contributed by atoms with van der Waals surface area (Å²) in [6, 6.07) is 2.07. The van der Waals surface area contributed by atoms with E-state index in [9.17, 15) is 8.42 Å². The van der Waals surface area contributed by atoms with Crippen LogP contribution in [0.5, 0.6) is 0 Å². The molecule has 0 N–H and O–H groups in total. The van der Waals surface area contributed by atoms with Crippen LogP contribution in [0.1, 0.15) is 46.6 Å². The second kappa shape index (κ2) is 6.57. The molecule has 1 aliphatic rings. The fourth-order valence-electron chi connectivity index (χ4n) is 3.78. The Balaban J connectivity index is 1.98. The van der Waals surface area contributed by atoms with E-state index in [-0.39, 0.29) is 5.92 Å². The summed E-state index contributed by atoms with van der Waals surface area (Å²) in [5, 5.41) is 4.24. The van der Waals surface area contributed by atoms with Crippen molar-refractivity contribution in [2.75, 3.05) is 13.1 Å². The summed E-state index contributed by atoms with van der Waals surface area (Å²) in [6.07, 6.45) is 5.73. The Morgan fingerprint density at radius 2 is 1.76 bits per heavy atom. The van der Waals surface area contributed by atoms with Gasteiger partial charge in [0.05, 0.1) is 11.1 Å². The van der Waals surface area contributed by atoms with Crippen LogP contribution in [-0.2, 0) is 17.1 Å². The van der Waals surface area contributed by atoms with Crippen molar-refractivity contribution in [2.45, 2.75) is 51.3 Å². The van der Waals surface area contributed by atoms with E-state index in [1.807, 2.05) is 47.1 Å². The summed E-state index contributed by atoms with van der Waals surface area (Å²) in [7, 11) is -1.60. The number of aromatic nitrogens is 2. The van der Waals surface area contributed by atoms with Gasteiger partial charge in [0.15, 0.2) is 0 Å². The molecule has 0 aliphatic carbocycles. The van der Waals surface area contributed by atoms with Crippen molar-refractivity contribution in [1.82, 2.24) is 14.1 Å². The Morgan fingerprint density at radius 1 is 1.12 bits per heavy atom. The lowest BCUT2D eigenvalue weighted by molar-refractivity contribution is 0.315. The van der Waals surface area contributed by atoms with Crippen molar-refractivity contribution < 1.29 is 8.42 Å². The van der Waals surface area contributed by atoms with E-state index in [1.54, 1.807) is 8.99 Å². The molecule has 1 aliphatic heterocycles. The molecule has 0 bridgehead atoms. The minimum absolute atomic E-state index is 0.212. The average molecular weight is 362 g/mol. The molecule has 2 heterocycles. The minimum atomic E-state index is -3.50. The molecule has 3 rings (SSSR count). The maximum Gasteiger partial charge on any atom is 0.243 e. The lowest BCUT2D eigenvalue weighted by atomic mass is 9.94. The first-order valence-electron chi connectivity index (χ1n) is 8.78. The van der Waals surface area contributed by atoms with Crippen LogP contribution in [-0.4, -0.2) is 35.6 Å². The molecule has 1 unspecified atom stereocenters. The summed E-state index contributed by atoms with van der Waals surface area (Å²) < 4.78 is 30.3. The highest BCUT2D eigenvalue weighted by Gasteiger charge is 2.33. The molecule has 0 amide bonds. The van der Waals surface area contributed by atoms with Gasteiger partial charge in [-0.05, 0) is 68.4 Å². The molecule has 2 aromatic rings. The third-order valence-corrected chi connectivity index (χ3v) is 7.62. The summed E-state index contributed by atoms with van der Waals surface area (Å²) in [5.41, 5.74) is 4.92. The van der Waals surface area contributed by atoms with E-state index in [2.05, 4.69) is 11.2 Å². The molecule has 1 atom stereocenters. The molecule has 1 aromatic carbocycles. The lowest BCUT2D eigenvalue weighted by Gasteiger charge is -2.32. The van der Waals surface area contributed by atoms with Crippen LogP contribution in [0.2, 0.25) is 0 Å². The molecular weight excluding hydrogens is 334 g/mol. The van der Waals surface area contributed by atoms with Crippen LogP contribution < -0.4 is 0 Å². The zero-order chi connectivity index (χ0) is 18.4. The Morgan fingerprint density at radius 3 is 2.32 bits per heavy atom. The molecule has 0 spiro atoms. The third-order valence-electron chi connectivity index (χ3n) is 5.48. The number of hydrogen-bond donors (Lipinski definition) is 0. The predicted octanol–water partition coefficient (Wildman–Crippen LogP) is 3.22. The molecule has 1 saturated heterocycles. The number of sulfonamides is 1. The molecular formula is C19H27N3O2S. The topological polar surface area (TPSA) is 55.2 Å². The molecule has 0 saturated carbocycles.